The molecule has 0 radical (unpaired) electrons. The Morgan fingerprint density at radius 1 is 1.64 bits per heavy atom. The van der Waals surface area contributed by atoms with Gasteiger partial charge in [-0.1, -0.05) is 6.08 Å². The van der Waals surface area contributed by atoms with Crippen molar-refractivity contribution in [3.8, 4) is 0 Å². The van der Waals surface area contributed by atoms with Gasteiger partial charge in [-0.3, -0.25) is 0 Å². The minimum atomic E-state index is -0.118. The number of carbonyl (C=O) groups is 1. The van der Waals surface area contributed by atoms with Gasteiger partial charge < -0.3 is 14.3 Å². The summed E-state index contributed by atoms with van der Waals surface area (Å²) >= 11 is 0. The van der Waals surface area contributed by atoms with E-state index in [1.54, 1.807) is 13.2 Å². The second-order valence-electron chi connectivity index (χ2n) is 2.09. The first kappa shape index (κ1) is 10.3. The molecule has 1 unspecified atom stereocenters. The van der Waals surface area contributed by atoms with E-state index < -0.39 is 0 Å². The molecule has 0 aromatic rings. The van der Waals surface area contributed by atoms with E-state index in [0.29, 0.717) is 19.6 Å². The Kier molecular flexibility index (Phi) is 6.98. The molecule has 0 amide bonds. The van der Waals surface area contributed by atoms with Crippen molar-refractivity contribution in [1.29, 1.82) is 0 Å². The van der Waals surface area contributed by atoms with Crippen LogP contribution in [0, 0.1) is 0 Å². The predicted octanol–water partition coefficient (Wildman–Crippen LogP) is 0.793. The lowest BCUT2D eigenvalue weighted by Crippen LogP contribution is -2.18. The fourth-order valence-electron chi connectivity index (χ4n) is 0.622. The first-order valence-electron chi connectivity index (χ1n) is 3.50. The lowest BCUT2D eigenvalue weighted by molar-refractivity contribution is -0.111. The highest BCUT2D eigenvalue weighted by Crippen LogP contribution is 1.94. The second-order valence-corrected chi connectivity index (χ2v) is 2.09. The van der Waals surface area contributed by atoms with Crippen LogP contribution in [0.5, 0.6) is 0 Å². The van der Waals surface area contributed by atoms with E-state index in [1.165, 1.54) is 0 Å². The summed E-state index contributed by atoms with van der Waals surface area (Å²) in [7, 11) is 1.56. The van der Waals surface area contributed by atoms with Crippen LogP contribution in [0.2, 0.25) is 0 Å². The third-order valence-corrected chi connectivity index (χ3v) is 1.23. The average molecular weight is 158 g/mol. The molecule has 0 rings (SSSR count). The molecule has 0 aliphatic heterocycles. The van der Waals surface area contributed by atoms with Crippen molar-refractivity contribution < 1.29 is 14.3 Å². The molecule has 0 aliphatic carbocycles. The van der Waals surface area contributed by atoms with Crippen LogP contribution in [0.1, 0.15) is 6.42 Å². The van der Waals surface area contributed by atoms with E-state index in [1.807, 2.05) is 0 Å². The van der Waals surface area contributed by atoms with Gasteiger partial charge in [0.2, 0.25) is 0 Å². The second kappa shape index (κ2) is 7.44. The van der Waals surface area contributed by atoms with Gasteiger partial charge in [-0.2, -0.15) is 0 Å². The number of rotatable bonds is 7. The molecular formula is C8H14O3. The molecule has 3 nitrogen and oxygen atoms in total. The molecule has 0 fully saturated rings. The summed E-state index contributed by atoms with van der Waals surface area (Å²) in [5.74, 6) is 0. The minimum absolute atomic E-state index is 0.118. The van der Waals surface area contributed by atoms with Crippen LogP contribution in [-0.2, 0) is 14.3 Å². The van der Waals surface area contributed by atoms with Crippen molar-refractivity contribution >= 4 is 6.29 Å². The Morgan fingerprint density at radius 2 is 2.36 bits per heavy atom. The molecule has 0 spiro atoms. The highest BCUT2D eigenvalue weighted by atomic mass is 16.5. The summed E-state index contributed by atoms with van der Waals surface area (Å²) in [6.07, 6.45) is 2.75. The molecule has 0 aromatic heterocycles. The Morgan fingerprint density at radius 3 is 2.82 bits per heavy atom. The van der Waals surface area contributed by atoms with Gasteiger partial charge in [0, 0.05) is 13.5 Å². The zero-order chi connectivity index (χ0) is 8.53. The fraction of sp³-hybridized carbons (Fsp3) is 0.625. The van der Waals surface area contributed by atoms with Crippen LogP contribution in [0.4, 0.5) is 0 Å². The van der Waals surface area contributed by atoms with Crippen LogP contribution in [0.15, 0.2) is 12.7 Å². The monoisotopic (exact) mass is 158 g/mol. The van der Waals surface area contributed by atoms with Gasteiger partial charge in [-0.25, -0.2) is 0 Å². The van der Waals surface area contributed by atoms with Gasteiger partial charge in [-0.15, -0.1) is 6.58 Å². The molecule has 0 N–H and O–H groups in total. The zero-order valence-corrected chi connectivity index (χ0v) is 6.79. The predicted molar refractivity (Wildman–Crippen MR) is 42.5 cm³/mol. The number of hydrogen-bond acceptors (Lipinski definition) is 3. The maximum Gasteiger partial charge on any atom is 0.122 e. The third kappa shape index (κ3) is 5.76. The summed E-state index contributed by atoms with van der Waals surface area (Å²) < 4.78 is 10.0. The van der Waals surface area contributed by atoms with Crippen molar-refractivity contribution in [1.82, 2.24) is 0 Å². The SMILES string of the molecule is C=CCOCC(CC=O)OC. The third-order valence-electron chi connectivity index (χ3n) is 1.23. The summed E-state index contributed by atoms with van der Waals surface area (Å²) in [6.45, 7) is 4.44. The van der Waals surface area contributed by atoms with Crippen molar-refractivity contribution in [2.24, 2.45) is 0 Å². The van der Waals surface area contributed by atoms with Crippen molar-refractivity contribution in [2.45, 2.75) is 12.5 Å². The zero-order valence-electron chi connectivity index (χ0n) is 6.79. The Hall–Kier alpha value is -0.670. The first-order chi connectivity index (χ1) is 5.35. The van der Waals surface area contributed by atoms with Crippen LogP contribution in [-0.4, -0.2) is 32.7 Å². The molecule has 0 bridgehead atoms. The Labute approximate surface area is 67.0 Å². The lowest BCUT2D eigenvalue weighted by atomic mass is 10.3. The lowest BCUT2D eigenvalue weighted by Gasteiger charge is -2.10. The number of ether oxygens (including phenoxy) is 2. The number of carbonyl (C=O) groups excluding carboxylic acids is 1. The average Bonchev–Trinajstić information content (AvgIpc) is 2.03. The first-order valence-corrected chi connectivity index (χ1v) is 3.50. The maximum atomic E-state index is 10.1. The van der Waals surface area contributed by atoms with E-state index in [9.17, 15) is 4.79 Å². The van der Waals surface area contributed by atoms with Gasteiger partial charge >= 0.3 is 0 Å². The van der Waals surface area contributed by atoms with Gasteiger partial charge in [-0.05, 0) is 0 Å². The van der Waals surface area contributed by atoms with Gasteiger partial charge in [0.05, 0.1) is 19.3 Å². The van der Waals surface area contributed by atoms with E-state index in [2.05, 4.69) is 6.58 Å². The van der Waals surface area contributed by atoms with Crippen molar-refractivity contribution in [2.75, 3.05) is 20.3 Å². The summed E-state index contributed by atoms with van der Waals surface area (Å²) in [4.78, 5) is 10.1. The van der Waals surface area contributed by atoms with E-state index in [-0.39, 0.29) is 6.10 Å². The molecular weight excluding hydrogens is 144 g/mol. The Bertz CT molecular complexity index is 112. The van der Waals surface area contributed by atoms with Crippen LogP contribution < -0.4 is 0 Å². The standard InChI is InChI=1S/C8H14O3/c1-3-6-11-7-8(10-2)4-5-9/h3,5,8H,1,4,6-7H2,2H3. The highest BCUT2D eigenvalue weighted by Gasteiger charge is 2.04. The van der Waals surface area contributed by atoms with Gasteiger partial charge in [0.25, 0.3) is 0 Å². The van der Waals surface area contributed by atoms with Crippen molar-refractivity contribution in [3.05, 3.63) is 12.7 Å². The molecule has 3 heteroatoms. The molecule has 0 saturated heterocycles. The molecule has 0 aliphatic rings. The van der Waals surface area contributed by atoms with Crippen LogP contribution in [0.3, 0.4) is 0 Å². The molecule has 0 heterocycles. The van der Waals surface area contributed by atoms with E-state index >= 15 is 0 Å². The number of aldehydes is 1. The van der Waals surface area contributed by atoms with Gasteiger partial charge in [0.1, 0.15) is 6.29 Å². The number of hydrogen-bond donors (Lipinski definition) is 0. The molecule has 1 atom stereocenters. The van der Waals surface area contributed by atoms with Gasteiger partial charge in [0.15, 0.2) is 0 Å². The summed E-state index contributed by atoms with van der Waals surface area (Å²) in [6, 6.07) is 0. The minimum Gasteiger partial charge on any atom is -0.379 e. The van der Waals surface area contributed by atoms with E-state index in [0.717, 1.165) is 6.29 Å². The summed E-state index contributed by atoms with van der Waals surface area (Å²) in [5.41, 5.74) is 0. The highest BCUT2D eigenvalue weighted by molar-refractivity contribution is 5.50. The maximum absolute atomic E-state index is 10.1. The fourth-order valence-corrected chi connectivity index (χ4v) is 0.622. The van der Waals surface area contributed by atoms with Crippen LogP contribution in [0.25, 0.3) is 0 Å². The topological polar surface area (TPSA) is 35.5 Å². The smallest absolute Gasteiger partial charge is 0.122 e. The molecule has 11 heavy (non-hydrogen) atoms. The van der Waals surface area contributed by atoms with Crippen LogP contribution >= 0.6 is 0 Å². The number of methoxy groups -OCH3 is 1. The Balaban J connectivity index is 3.34. The largest absolute Gasteiger partial charge is 0.379 e. The molecule has 0 aromatic carbocycles. The van der Waals surface area contributed by atoms with Crippen molar-refractivity contribution in [3.63, 3.8) is 0 Å². The van der Waals surface area contributed by atoms with E-state index in [4.69, 9.17) is 9.47 Å². The summed E-state index contributed by atoms with van der Waals surface area (Å²) in [5, 5.41) is 0. The molecule has 0 saturated carbocycles. The quantitative estimate of drug-likeness (QED) is 0.312. The normalized spacial score (nSPS) is 12.5. The molecule has 64 valence electrons.